The highest BCUT2D eigenvalue weighted by atomic mass is 14.1. The molecule has 0 aromatic carbocycles. The maximum atomic E-state index is 2.38. The lowest BCUT2D eigenvalue weighted by atomic mass is 9.97. The molecule has 0 bridgehead atoms. The van der Waals surface area contributed by atoms with E-state index in [-0.39, 0.29) is 0 Å². The molecule has 0 aliphatic heterocycles. The summed E-state index contributed by atoms with van der Waals surface area (Å²) >= 11 is 0. The molecule has 14 heavy (non-hydrogen) atoms. The van der Waals surface area contributed by atoms with E-state index in [1.54, 1.807) is 11.1 Å². The fourth-order valence-corrected chi connectivity index (χ4v) is 1.98. The van der Waals surface area contributed by atoms with E-state index in [2.05, 4.69) is 42.9 Å². The van der Waals surface area contributed by atoms with E-state index in [4.69, 9.17) is 0 Å². The van der Waals surface area contributed by atoms with Gasteiger partial charge in [-0.3, -0.25) is 0 Å². The molecule has 0 fully saturated rings. The fourth-order valence-electron chi connectivity index (χ4n) is 1.98. The molecule has 0 atom stereocenters. The van der Waals surface area contributed by atoms with Crippen molar-refractivity contribution in [3.8, 4) is 0 Å². The van der Waals surface area contributed by atoms with Gasteiger partial charge in [0.25, 0.3) is 0 Å². The van der Waals surface area contributed by atoms with Gasteiger partial charge in [0.15, 0.2) is 0 Å². The van der Waals surface area contributed by atoms with Gasteiger partial charge in [0.05, 0.1) is 0 Å². The average molecular weight is 185 g/mol. The van der Waals surface area contributed by atoms with Crippen molar-refractivity contribution in [1.29, 1.82) is 0 Å². The van der Waals surface area contributed by atoms with Gasteiger partial charge in [0.1, 0.15) is 0 Å². The van der Waals surface area contributed by atoms with Crippen molar-refractivity contribution < 1.29 is 0 Å². The highest BCUT2D eigenvalue weighted by Crippen LogP contribution is 2.25. The minimum Gasteiger partial charge on any atom is -0.0879 e. The number of allylic oxidation sites excluding steroid dienone is 8. The summed E-state index contributed by atoms with van der Waals surface area (Å²) < 4.78 is 0. The van der Waals surface area contributed by atoms with E-state index in [9.17, 15) is 0 Å². The maximum Gasteiger partial charge on any atom is -0.0127 e. The van der Waals surface area contributed by atoms with E-state index in [0.29, 0.717) is 0 Å². The Morgan fingerprint density at radius 1 is 0.857 bits per heavy atom. The number of hydrogen-bond donors (Lipinski definition) is 0. The first-order valence-corrected chi connectivity index (χ1v) is 5.48. The Bertz CT molecular complexity index is 268. The third kappa shape index (κ3) is 2.47. The van der Waals surface area contributed by atoms with Crippen molar-refractivity contribution in [2.75, 3.05) is 0 Å². The molecule has 1 radical (unpaired) electrons. The molecule has 0 spiro atoms. The first-order valence-electron chi connectivity index (χ1n) is 5.48. The molecule has 73 valence electrons. The van der Waals surface area contributed by atoms with Gasteiger partial charge in [-0.2, -0.15) is 0 Å². The first kappa shape index (κ1) is 9.51. The Balaban J connectivity index is 2.06. The molecular formula is C14H17. The largest absolute Gasteiger partial charge is 0.0879 e. The van der Waals surface area contributed by atoms with Crippen LogP contribution in [-0.2, 0) is 0 Å². The molecule has 2 aliphatic carbocycles. The molecule has 0 heteroatoms. The molecule has 0 saturated carbocycles. The van der Waals surface area contributed by atoms with E-state index >= 15 is 0 Å². The topological polar surface area (TPSA) is 0 Å². The van der Waals surface area contributed by atoms with Gasteiger partial charge in [0.2, 0.25) is 0 Å². The lowest BCUT2D eigenvalue weighted by molar-refractivity contribution is 0.965. The van der Waals surface area contributed by atoms with Crippen LogP contribution in [0, 0.1) is 6.42 Å². The molecule has 0 heterocycles. The Labute approximate surface area is 86.7 Å². The van der Waals surface area contributed by atoms with Crippen LogP contribution in [0.2, 0.25) is 0 Å². The van der Waals surface area contributed by atoms with Crippen LogP contribution >= 0.6 is 0 Å². The predicted octanol–water partition coefficient (Wildman–Crippen LogP) is 4.13. The number of rotatable bonds is 1. The molecule has 0 nitrogen and oxygen atoms in total. The second-order valence-electron chi connectivity index (χ2n) is 3.81. The second kappa shape index (κ2) is 4.99. The van der Waals surface area contributed by atoms with Crippen molar-refractivity contribution in [3.63, 3.8) is 0 Å². The van der Waals surface area contributed by atoms with Gasteiger partial charge >= 0.3 is 0 Å². The summed E-state index contributed by atoms with van der Waals surface area (Å²) in [5.41, 5.74) is 3.11. The molecule has 0 amide bonds. The minimum absolute atomic E-state index is 1.09. The zero-order valence-electron chi connectivity index (χ0n) is 8.58. The summed E-state index contributed by atoms with van der Waals surface area (Å²) in [5.74, 6) is 0. The van der Waals surface area contributed by atoms with E-state index < -0.39 is 0 Å². The highest BCUT2D eigenvalue weighted by Gasteiger charge is 2.06. The van der Waals surface area contributed by atoms with Gasteiger partial charge in [-0.05, 0) is 49.7 Å². The van der Waals surface area contributed by atoms with Gasteiger partial charge in [-0.15, -0.1) is 0 Å². The van der Waals surface area contributed by atoms with Crippen molar-refractivity contribution in [2.45, 2.75) is 32.1 Å². The summed E-state index contributed by atoms with van der Waals surface area (Å²) in [6.07, 6.45) is 21.7. The molecule has 0 aromatic rings. The minimum atomic E-state index is 1.09. The summed E-state index contributed by atoms with van der Waals surface area (Å²) in [6, 6.07) is 0. The third-order valence-corrected chi connectivity index (χ3v) is 2.77. The van der Waals surface area contributed by atoms with Crippen LogP contribution in [-0.4, -0.2) is 0 Å². The van der Waals surface area contributed by atoms with Gasteiger partial charge < -0.3 is 0 Å². The van der Waals surface area contributed by atoms with Crippen LogP contribution in [0.4, 0.5) is 0 Å². The summed E-state index contributed by atoms with van der Waals surface area (Å²) in [6.45, 7) is 0. The van der Waals surface area contributed by atoms with Crippen LogP contribution in [0.25, 0.3) is 0 Å². The summed E-state index contributed by atoms with van der Waals surface area (Å²) in [5, 5.41) is 0. The monoisotopic (exact) mass is 185 g/mol. The Morgan fingerprint density at radius 3 is 2.71 bits per heavy atom. The van der Waals surface area contributed by atoms with Crippen molar-refractivity contribution in [1.82, 2.24) is 0 Å². The van der Waals surface area contributed by atoms with Crippen LogP contribution in [0.5, 0.6) is 0 Å². The molecule has 0 unspecified atom stereocenters. The first-order chi connectivity index (χ1) is 6.97. The third-order valence-electron chi connectivity index (χ3n) is 2.77. The smallest absolute Gasteiger partial charge is 0.0127 e. The number of hydrogen-bond acceptors (Lipinski definition) is 0. The lowest BCUT2D eigenvalue weighted by Crippen LogP contribution is -1.89. The maximum absolute atomic E-state index is 2.38. The van der Waals surface area contributed by atoms with Crippen LogP contribution in [0.1, 0.15) is 32.1 Å². The van der Waals surface area contributed by atoms with Gasteiger partial charge in [-0.25, -0.2) is 0 Å². The fraction of sp³-hybridized carbons (Fsp3) is 0.357. The Kier molecular flexibility index (Phi) is 3.39. The molecule has 2 aliphatic rings. The Hall–Kier alpha value is -1.04. The predicted molar refractivity (Wildman–Crippen MR) is 61.8 cm³/mol. The standard InChI is InChI=1S/C14H17/c1-2-6-10-13(9-5-1)14-11-7-3-4-8-12-14/h1-5,10-11H,6-9,12H2. The lowest BCUT2D eigenvalue weighted by Gasteiger charge is -2.08. The van der Waals surface area contributed by atoms with E-state index in [1.807, 2.05) is 0 Å². The molecule has 0 N–H and O–H groups in total. The van der Waals surface area contributed by atoms with Crippen LogP contribution < -0.4 is 0 Å². The van der Waals surface area contributed by atoms with Crippen molar-refractivity contribution in [2.24, 2.45) is 0 Å². The Morgan fingerprint density at radius 2 is 1.71 bits per heavy atom. The summed E-state index contributed by atoms with van der Waals surface area (Å²) in [4.78, 5) is 0. The zero-order chi connectivity index (χ0) is 9.64. The molecule has 2 rings (SSSR count). The quantitative estimate of drug-likeness (QED) is 0.539. The average Bonchev–Trinajstić information content (AvgIpc) is 2.62. The van der Waals surface area contributed by atoms with Gasteiger partial charge in [-0.1, -0.05) is 36.5 Å². The van der Waals surface area contributed by atoms with E-state index in [1.165, 1.54) is 12.8 Å². The highest BCUT2D eigenvalue weighted by molar-refractivity contribution is 5.36. The van der Waals surface area contributed by atoms with Crippen LogP contribution in [0.3, 0.4) is 0 Å². The normalized spacial score (nSPS) is 22.3. The molecular weight excluding hydrogens is 168 g/mol. The zero-order valence-corrected chi connectivity index (χ0v) is 8.58. The van der Waals surface area contributed by atoms with E-state index in [0.717, 1.165) is 19.3 Å². The molecule has 0 saturated heterocycles. The van der Waals surface area contributed by atoms with Crippen LogP contribution in [0.15, 0.2) is 47.6 Å². The van der Waals surface area contributed by atoms with Crippen molar-refractivity contribution in [3.05, 3.63) is 54.0 Å². The SMILES string of the molecule is [CH]1C=CCC=C(C2=CCC=CCC2)C1. The summed E-state index contributed by atoms with van der Waals surface area (Å²) in [7, 11) is 0. The second-order valence-corrected chi connectivity index (χ2v) is 3.81. The molecule has 0 aromatic heterocycles. The van der Waals surface area contributed by atoms with Crippen molar-refractivity contribution >= 4 is 0 Å². The van der Waals surface area contributed by atoms with Gasteiger partial charge in [0, 0.05) is 0 Å².